The fourth-order valence-corrected chi connectivity index (χ4v) is 5.00. The van der Waals surface area contributed by atoms with Crippen LogP contribution >= 0.6 is 23.1 Å². The van der Waals surface area contributed by atoms with Crippen LogP contribution < -0.4 is 5.32 Å². The van der Waals surface area contributed by atoms with Gasteiger partial charge in [0.1, 0.15) is 0 Å². The SMILES string of the molecule is CCCn1c(SCC(=O)Nc2c(CC)cccc2CC)nnc1-c1csc(CC)c1. The summed E-state index contributed by atoms with van der Waals surface area (Å²) in [5.74, 6) is 1.19. The summed E-state index contributed by atoms with van der Waals surface area (Å²) in [7, 11) is 0. The van der Waals surface area contributed by atoms with E-state index in [9.17, 15) is 4.79 Å². The molecule has 0 saturated heterocycles. The molecule has 0 unspecified atom stereocenters. The van der Waals surface area contributed by atoms with E-state index in [-0.39, 0.29) is 5.91 Å². The fraction of sp³-hybridized carbons (Fsp3) is 0.435. The minimum atomic E-state index is -0.00741. The number of thioether (sulfide) groups is 1. The first kappa shape index (κ1) is 22.6. The van der Waals surface area contributed by atoms with E-state index >= 15 is 0 Å². The standard InChI is InChI=1S/C23H30N4OS2/c1-5-12-27-22(18-13-19(8-4)29-14-18)25-26-23(27)30-15-20(28)24-21-16(6-2)10-9-11-17(21)7-3/h9-11,13-14H,5-8,12,15H2,1-4H3,(H,24,28). The van der Waals surface area contributed by atoms with Crippen molar-refractivity contribution in [3.63, 3.8) is 0 Å². The highest BCUT2D eigenvalue weighted by Crippen LogP contribution is 2.29. The van der Waals surface area contributed by atoms with Gasteiger partial charge in [-0.15, -0.1) is 21.5 Å². The molecule has 1 aromatic carbocycles. The maximum Gasteiger partial charge on any atom is 0.234 e. The van der Waals surface area contributed by atoms with Gasteiger partial charge < -0.3 is 9.88 Å². The average Bonchev–Trinajstić information content (AvgIpc) is 3.39. The van der Waals surface area contributed by atoms with Crippen molar-refractivity contribution in [1.82, 2.24) is 14.8 Å². The number of para-hydroxylation sites is 1. The van der Waals surface area contributed by atoms with Gasteiger partial charge in [0.25, 0.3) is 0 Å². The third-order valence-corrected chi connectivity index (χ3v) is 7.07. The fourth-order valence-electron chi connectivity index (χ4n) is 3.43. The Balaban J connectivity index is 1.74. The predicted molar refractivity (Wildman–Crippen MR) is 128 cm³/mol. The van der Waals surface area contributed by atoms with Crippen LogP contribution in [0.2, 0.25) is 0 Å². The second kappa shape index (κ2) is 10.8. The summed E-state index contributed by atoms with van der Waals surface area (Å²) in [6, 6.07) is 8.41. The van der Waals surface area contributed by atoms with E-state index < -0.39 is 0 Å². The van der Waals surface area contributed by atoms with Gasteiger partial charge in [-0.2, -0.15) is 0 Å². The molecule has 0 aliphatic heterocycles. The number of thiophene rings is 1. The normalized spacial score (nSPS) is 11.1. The number of aromatic nitrogens is 3. The smallest absolute Gasteiger partial charge is 0.234 e. The molecule has 0 bridgehead atoms. The lowest BCUT2D eigenvalue weighted by Crippen LogP contribution is -2.17. The van der Waals surface area contributed by atoms with Gasteiger partial charge in [0.05, 0.1) is 5.75 Å². The van der Waals surface area contributed by atoms with E-state index in [1.165, 1.54) is 27.8 Å². The Hall–Kier alpha value is -2.12. The van der Waals surface area contributed by atoms with Crippen LogP contribution in [-0.4, -0.2) is 26.4 Å². The maximum absolute atomic E-state index is 12.7. The molecule has 0 fully saturated rings. The molecule has 1 amide bonds. The highest BCUT2D eigenvalue weighted by atomic mass is 32.2. The van der Waals surface area contributed by atoms with Crippen molar-refractivity contribution in [2.45, 2.75) is 65.1 Å². The molecule has 0 saturated carbocycles. The lowest BCUT2D eigenvalue weighted by Gasteiger charge is -2.14. The lowest BCUT2D eigenvalue weighted by molar-refractivity contribution is -0.113. The van der Waals surface area contributed by atoms with Gasteiger partial charge in [-0.05, 0) is 42.9 Å². The molecule has 2 heterocycles. The summed E-state index contributed by atoms with van der Waals surface area (Å²) in [4.78, 5) is 14.1. The Kier molecular flexibility index (Phi) is 8.10. The number of nitrogens with one attached hydrogen (secondary N) is 1. The summed E-state index contributed by atoms with van der Waals surface area (Å²) in [5.41, 5.74) is 4.43. The van der Waals surface area contributed by atoms with Crippen molar-refractivity contribution in [3.05, 3.63) is 45.6 Å². The Bertz CT molecular complexity index is 971. The van der Waals surface area contributed by atoms with Crippen molar-refractivity contribution >= 4 is 34.7 Å². The number of amides is 1. The zero-order chi connectivity index (χ0) is 21.5. The molecule has 2 aromatic heterocycles. The van der Waals surface area contributed by atoms with E-state index in [4.69, 9.17) is 0 Å². The maximum atomic E-state index is 12.7. The molecule has 30 heavy (non-hydrogen) atoms. The summed E-state index contributed by atoms with van der Waals surface area (Å²) in [5, 5.41) is 14.9. The number of carbonyl (C=O) groups excluding carboxylic acids is 1. The number of carbonyl (C=O) groups is 1. The number of hydrogen-bond acceptors (Lipinski definition) is 5. The van der Waals surface area contributed by atoms with Gasteiger partial charge in [0, 0.05) is 28.1 Å². The van der Waals surface area contributed by atoms with Crippen molar-refractivity contribution in [3.8, 4) is 11.4 Å². The van der Waals surface area contributed by atoms with Crippen LogP contribution in [0.15, 0.2) is 34.8 Å². The van der Waals surface area contributed by atoms with Crippen LogP contribution in [0.4, 0.5) is 5.69 Å². The molecule has 3 rings (SSSR count). The Morgan fingerprint density at radius 3 is 2.43 bits per heavy atom. The van der Waals surface area contributed by atoms with E-state index in [2.05, 4.69) is 77.4 Å². The van der Waals surface area contributed by atoms with Gasteiger partial charge in [-0.3, -0.25) is 4.79 Å². The number of benzene rings is 1. The largest absolute Gasteiger partial charge is 0.325 e. The van der Waals surface area contributed by atoms with Gasteiger partial charge >= 0.3 is 0 Å². The highest BCUT2D eigenvalue weighted by Gasteiger charge is 2.17. The van der Waals surface area contributed by atoms with E-state index in [1.807, 2.05) is 0 Å². The molecular weight excluding hydrogens is 412 g/mol. The molecule has 0 spiro atoms. The van der Waals surface area contributed by atoms with E-state index in [0.29, 0.717) is 5.75 Å². The minimum Gasteiger partial charge on any atom is -0.325 e. The Morgan fingerprint density at radius 2 is 1.83 bits per heavy atom. The topological polar surface area (TPSA) is 59.8 Å². The molecule has 0 aliphatic carbocycles. The quantitative estimate of drug-likeness (QED) is 0.401. The molecule has 7 heteroatoms. The van der Waals surface area contributed by atoms with Crippen LogP contribution in [-0.2, 0) is 30.6 Å². The van der Waals surface area contributed by atoms with E-state index in [0.717, 1.165) is 54.5 Å². The second-order valence-corrected chi connectivity index (χ2v) is 9.05. The molecule has 3 aromatic rings. The number of aryl methyl sites for hydroxylation is 3. The summed E-state index contributed by atoms with van der Waals surface area (Å²) >= 11 is 3.20. The third kappa shape index (κ3) is 5.13. The molecular formula is C23H30N4OS2. The number of rotatable bonds is 10. The van der Waals surface area contributed by atoms with Gasteiger partial charge in [0.2, 0.25) is 5.91 Å². The molecule has 0 atom stereocenters. The molecule has 0 radical (unpaired) electrons. The Morgan fingerprint density at radius 1 is 1.10 bits per heavy atom. The third-order valence-electron chi connectivity index (χ3n) is 5.02. The molecule has 5 nitrogen and oxygen atoms in total. The Labute approximate surface area is 187 Å². The van der Waals surface area contributed by atoms with Crippen LogP contribution in [0.3, 0.4) is 0 Å². The van der Waals surface area contributed by atoms with Gasteiger partial charge in [-0.25, -0.2) is 0 Å². The first-order chi connectivity index (χ1) is 14.6. The number of nitrogens with zero attached hydrogens (tertiary/aromatic N) is 3. The summed E-state index contributed by atoms with van der Waals surface area (Å²) in [6.07, 6.45) is 3.79. The monoisotopic (exact) mass is 442 g/mol. The van der Waals surface area contributed by atoms with Crippen molar-refractivity contribution in [2.24, 2.45) is 0 Å². The van der Waals surface area contributed by atoms with Crippen LogP contribution in [0.5, 0.6) is 0 Å². The summed E-state index contributed by atoms with van der Waals surface area (Å²) < 4.78 is 2.14. The predicted octanol–water partition coefficient (Wildman–Crippen LogP) is 5.83. The number of anilines is 1. The van der Waals surface area contributed by atoms with Crippen LogP contribution in [0, 0.1) is 0 Å². The van der Waals surface area contributed by atoms with Crippen LogP contribution in [0.1, 0.15) is 50.1 Å². The molecule has 160 valence electrons. The van der Waals surface area contributed by atoms with Crippen molar-refractivity contribution < 1.29 is 4.79 Å². The number of hydrogen-bond donors (Lipinski definition) is 1. The molecule has 0 aliphatic rings. The van der Waals surface area contributed by atoms with E-state index in [1.54, 1.807) is 11.3 Å². The van der Waals surface area contributed by atoms with Gasteiger partial charge in [0.15, 0.2) is 11.0 Å². The summed E-state index contributed by atoms with van der Waals surface area (Å²) in [6.45, 7) is 9.36. The van der Waals surface area contributed by atoms with Crippen molar-refractivity contribution in [2.75, 3.05) is 11.1 Å². The zero-order valence-corrected chi connectivity index (χ0v) is 19.8. The lowest BCUT2D eigenvalue weighted by atomic mass is 10.0. The second-order valence-electron chi connectivity index (χ2n) is 7.11. The highest BCUT2D eigenvalue weighted by molar-refractivity contribution is 7.99. The average molecular weight is 443 g/mol. The van der Waals surface area contributed by atoms with Gasteiger partial charge in [-0.1, -0.05) is 57.7 Å². The molecule has 1 N–H and O–H groups in total. The van der Waals surface area contributed by atoms with Crippen LogP contribution in [0.25, 0.3) is 11.4 Å². The van der Waals surface area contributed by atoms with Crippen molar-refractivity contribution in [1.29, 1.82) is 0 Å². The first-order valence-corrected chi connectivity index (χ1v) is 12.5. The zero-order valence-electron chi connectivity index (χ0n) is 18.2. The first-order valence-electron chi connectivity index (χ1n) is 10.7. The minimum absolute atomic E-state index is 0.00741.